The van der Waals surface area contributed by atoms with Gasteiger partial charge in [0.1, 0.15) is 0 Å². The molecule has 40 valence electrons. The van der Waals surface area contributed by atoms with Crippen LogP contribution in [-0.2, 0) is 78.9 Å². The predicted octanol–water partition coefficient (Wildman–Crippen LogP) is -0.0100. The molecule has 0 N–H and O–H groups in total. The Bertz CT molecular complexity index is 8.00. The van der Waals surface area contributed by atoms with Crippen LogP contribution in [0.1, 0.15) is 0 Å². The average Bonchev–Trinajstić information content (AvgIpc) is 0. The van der Waals surface area contributed by atoms with E-state index in [1.54, 1.807) is 0 Å². The van der Waals surface area contributed by atoms with Crippen LogP contribution in [0.5, 0.6) is 0 Å². The second kappa shape index (κ2) is 17.8. The fourth-order valence-electron chi connectivity index (χ4n) is 0. The third kappa shape index (κ3) is 8.82. The molecule has 0 saturated carbocycles. The third-order valence-electron chi connectivity index (χ3n) is 0. The van der Waals surface area contributed by atoms with Crippen molar-refractivity contribution in [3.63, 3.8) is 0 Å². The van der Waals surface area contributed by atoms with Crippen molar-refractivity contribution in [3.05, 3.63) is 0 Å². The molecule has 0 aromatic heterocycles. The predicted molar refractivity (Wildman–Crippen MR) is 0 cm³/mol. The zero-order chi connectivity index (χ0) is 0. The average molecular weight is 423 g/mol. The second-order valence-corrected chi connectivity index (χ2v) is 0. The molecule has 0 unspecified atom stereocenters. The summed E-state index contributed by atoms with van der Waals surface area (Å²) in [6, 6.07) is 0. The van der Waals surface area contributed by atoms with Crippen LogP contribution in [0.25, 0.3) is 0 Å². The molecule has 0 atom stereocenters. The summed E-state index contributed by atoms with van der Waals surface area (Å²) < 4.78 is 0. The van der Waals surface area contributed by atoms with E-state index in [0.29, 0.717) is 0 Å². The van der Waals surface area contributed by atoms with Crippen LogP contribution >= 0.6 is 0 Å². The van der Waals surface area contributed by atoms with E-state index in [-0.39, 0.29) is 78.9 Å². The Labute approximate surface area is 77.8 Å². The number of hydrogen-bond donors (Lipinski definition) is 0. The molecule has 0 aromatic carbocycles. The van der Waals surface area contributed by atoms with Crippen molar-refractivity contribution in [2.24, 2.45) is 0 Å². The Morgan fingerprint density at radius 2 is 1.00 bits per heavy atom. The van der Waals surface area contributed by atoms with E-state index in [9.17, 15) is 0 Å². The minimum atomic E-state index is 0. The van der Waals surface area contributed by atoms with Crippen LogP contribution in [0.3, 0.4) is 0 Å². The quantitative estimate of drug-likeness (QED) is 0.481. The maximum atomic E-state index is 0. The smallest absolute Gasteiger partial charge is 0 e. The first-order chi connectivity index (χ1) is 0. The summed E-state index contributed by atoms with van der Waals surface area (Å²) in [5.74, 6) is 0. The van der Waals surface area contributed by atoms with Crippen molar-refractivity contribution in [1.29, 1.82) is 0 Å². The van der Waals surface area contributed by atoms with E-state index < -0.39 is 0 Å². The maximum absolute atomic E-state index is 0. The molecule has 4 heteroatoms. The van der Waals surface area contributed by atoms with Crippen molar-refractivity contribution in [2.75, 3.05) is 0 Å². The van der Waals surface area contributed by atoms with Gasteiger partial charge < -0.3 is 0 Å². The minimum absolute atomic E-state index is 0. The van der Waals surface area contributed by atoms with E-state index in [2.05, 4.69) is 0 Å². The van der Waals surface area contributed by atoms with Crippen LogP contribution in [0.15, 0.2) is 0 Å². The van der Waals surface area contributed by atoms with E-state index in [1.807, 2.05) is 0 Å². The van der Waals surface area contributed by atoms with Crippen LogP contribution in [0.4, 0.5) is 0 Å². The van der Waals surface area contributed by atoms with Crippen molar-refractivity contribution in [2.45, 2.75) is 0 Å². The van der Waals surface area contributed by atoms with Crippen LogP contribution in [0.2, 0.25) is 0 Å². The van der Waals surface area contributed by atoms with Gasteiger partial charge in [0.05, 0.1) is 0 Å². The molecular weight excluding hydrogens is 423 g/mol. The molecule has 0 spiro atoms. The molecular formula is AgAuCuMn. The maximum Gasteiger partial charge on any atom is 0 e. The van der Waals surface area contributed by atoms with Gasteiger partial charge in [-0.25, -0.2) is 0 Å². The summed E-state index contributed by atoms with van der Waals surface area (Å²) in [7, 11) is 0. The first-order valence-electron chi connectivity index (χ1n) is 0. The Morgan fingerprint density at radius 1 is 1.00 bits per heavy atom. The molecule has 0 aromatic rings. The monoisotopic (exact) mass is 422 g/mol. The Kier molecular flexibility index (Phi) is 139. The first-order valence-corrected chi connectivity index (χ1v) is 0. The van der Waals surface area contributed by atoms with E-state index in [4.69, 9.17) is 0 Å². The van der Waals surface area contributed by atoms with Gasteiger partial charge in [-0.2, -0.15) is 0 Å². The molecule has 0 aliphatic heterocycles. The summed E-state index contributed by atoms with van der Waals surface area (Å²) in [5.41, 5.74) is 0. The summed E-state index contributed by atoms with van der Waals surface area (Å²) in [6.07, 6.45) is 0. The third-order valence-corrected chi connectivity index (χ3v) is 0. The molecule has 0 nitrogen and oxygen atoms in total. The standard InChI is InChI=1S/Ag.Au.Cu.Mn. The Balaban J connectivity index is 0. The number of rotatable bonds is 0. The zero-order valence-electron chi connectivity index (χ0n) is 1.28. The van der Waals surface area contributed by atoms with Gasteiger partial charge in [0.25, 0.3) is 0 Å². The molecule has 4 heavy (non-hydrogen) atoms. The van der Waals surface area contributed by atoms with Crippen molar-refractivity contribution in [3.8, 4) is 0 Å². The van der Waals surface area contributed by atoms with Crippen molar-refractivity contribution in [1.82, 2.24) is 0 Å². The molecule has 0 aliphatic rings. The molecule has 0 rings (SSSR count). The summed E-state index contributed by atoms with van der Waals surface area (Å²) in [5, 5.41) is 0. The summed E-state index contributed by atoms with van der Waals surface area (Å²) in [6.45, 7) is 0. The Hall–Kier alpha value is 2.52. The van der Waals surface area contributed by atoms with Crippen LogP contribution < -0.4 is 0 Å². The van der Waals surface area contributed by atoms with Crippen LogP contribution in [-0.4, -0.2) is 0 Å². The fraction of sp³-hybridized carbons (Fsp3) is 0. The minimum Gasteiger partial charge on any atom is 0 e. The van der Waals surface area contributed by atoms with E-state index in [1.165, 1.54) is 0 Å². The second-order valence-electron chi connectivity index (χ2n) is 0. The Morgan fingerprint density at radius 3 is 1.00 bits per heavy atom. The number of hydrogen-bond acceptors (Lipinski definition) is 0. The summed E-state index contributed by atoms with van der Waals surface area (Å²) in [4.78, 5) is 0. The molecule has 0 aliphatic carbocycles. The normalized spacial score (nSPS) is 0. The molecule has 0 fully saturated rings. The van der Waals surface area contributed by atoms with Crippen molar-refractivity contribution >= 4 is 0 Å². The van der Waals surface area contributed by atoms with Crippen molar-refractivity contribution < 1.29 is 78.9 Å². The van der Waals surface area contributed by atoms with Gasteiger partial charge in [-0.05, 0) is 0 Å². The molecule has 0 saturated heterocycles. The first kappa shape index (κ1) is 31.3. The SMILES string of the molecule is [Ag].[Au].[Cu].[Mn]. The van der Waals surface area contributed by atoms with Gasteiger partial charge in [-0.15, -0.1) is 0 Å². The largest absolute Gasteiger partial charge is 0 e. The molecule has 0 heterocycles. The summed E-state index contributed by atoms with van der Waals surface area (Å²) >= 11 is 0. The van der Waals surface area contributed by atoms with Gasteiger partial charge in [0.2, 0.25) is 0 Å². The molecule has 0 bridgehead atoms. The zero-order valence-corrected chi connectivity index (χ0v) is 7.05. The van der Waals surface area contributed by atoms with Gasteiger partial charge in [-0.3, -0.25) is 0 Å². The molecule has 4 radical (unpaired) electrons. The van der Waals surface area contributed by atoms with Gasteiger partial charge in [0, 0.05) is 78.9 Å². The topological polar surface area (TPSA) is 0 Å². The van der Waals surface area contributed by atoms with E-state index in [0.717, 1.165) is 0 Å². The van der Waals surface area contributed by atoms with Crippen LogP contribution in [0, 0.1) is 0 Å². The van der Waals surface area contributed by atoms with E-state index >= 15 is 0 Å². The van der Waals surface area contributed by atoms with Gasteiger partial charge in [0.15, 0.2) is 0 Å². The van der Waals surface area contributed by atoms with Gasteiger partial charge in [-0.1, -0.05) is 0 Å². The fourth-order valence-corrected chi connectivity index (χ4v) is 0. The van der Waals surface area contributed by atoms with Gasteiger partial charge >= 0.3 is 0 Å². The molecule has 0 amide bonds.